The Balaban J connectivity index is 2.85. The van der Waals surface area contributed by atoms with Gasteiger partial charge in [0, 0.05) is 4.47 Å². The smallest absolute Gasteiger partial charge is 0.126 e. The maximum Gasteiger partial charge on any atom is 0.126 e. The van der Waals surface area contributed by atoms with Gasteiger partial charge >= 0.3 is 0 Å². The number of benzene rings is 1. The summed E-state index contributed by atoms with van der Waals surface area (Å²) in [5.74, 6) is 0.181. The van der Waals surface area contributed by atoms with Crippen LogP contribution < -0.4 is 0 Å². The van der Waals surface area contributed by atoms with Gasteiger partial charge in [-0.3, -0.25) is 0 Å². The fraction of sp³-hybridized carbons (Fsp3) is 0.429. The van der Waals surface area contributed by atoms with E-state index in [-0.39, 0.29) is 11.7 Å². The van der Waals surface area contributed by atoms with Crippen molar-refractivity contribution in [2.24, 2.45) is 0 Å². The van der Waals surface area contributed by atoms with E-state index >= 15 is 0 Å². The fourth-order valence-electron chi connectivity index (χ4n) is 1.77. The van der Waals surface area contributed by atoms with Gasteiger partial charge in [-0.1, -0.05) is 41.9 Å². The van der Waals surface area contributed by atoms with Crippen molar-refractivity contribution in [1.82, 2.24) is 0 Å². The molecule has 88 valence electrons. The van der Waals surface area contributed by atoms with E-state index in [2.05, 4.69) is 41.9 Å². The van der Waals surface area contributed by atoms with Crippen molar-refractivity contribution < 1.29 is 4.39 Å². The molecule has 1 atom stereocenters. The lowest BCUT2D eigenvalue weighted by Crippen LogP contribution is -1.99. The number of hydrogen-bond acceptors (Lipinski definition) is 0. The molecule has 0 N–H and O–H groups in total. The average molecular weight is 285 g/mol. The van der Waals surface area contributed by atoms with Gasteiger partial charge in [-0.15, -0.1) is 0 Å². The summed E-state index contributed by atoms with van der Waals surface area (Å²) < 4.78 is 14.6. The predicted molar refractivity (Wildman–Crippen MR) is 71.2 cm³/mol. The highest BCUT2D eigenvalue weighted by molar-refractivity contribution is 9.10. The molecule has 0 radical (unpaired) electrons. The zero-order valence-electron chi connectivity index (χ0n) is 9.84. The predicted octanol–water partition coefficient (Wildman–Crippen LogP) is 5.44. The molecule has 0 aliphatic heterocycles. The van der Waals surface area contributed by atoms with Crippen LogP contribution in [0.2, 0.25) is 0 Å². The number of halogens is 2. The molecule has 0 aromatic heterocycles. The highest BCUT2D eigenvalue weighted by Crippen LogP contribution is 2.28. The Kier molecular flexibility index (Phi) is 5.75. The third kappa shape index (κ3) is 3.75. The summed E-state index contributed by atoms with van der Waals surface area (Å²) in [6.45, 7) is 4.21. The second-order valence-electron chi connectivity index (χ2n) is 3.89. The van der Waals surface area contributed by atoms with Gasteiger partial charge in [-0.05, 0) is 48.9 Å². The lowest BCUT2D eigenvalue weighted by atomic mass is 9.92. The minimum atomic E-state index is -0.0973. The maximum absolute atomic E-state index is 13.7. The quantitative estimate of drug-likeness (QED) is 0.632. The molecule has 2 heteroatoms. The molecule has 1 aromatic rings. The van der Waals surface area contributed by atoms with Crippen molar-refractivity contribution in [1.29, 1.82) is 0 Å². The fourth-order valence-corrected chi connectivity index (χ4v) is 2.15. The van der Waals surface area contributed by atoms with Crippen LogP contribution in [0, 0.1) is 5.82 Å². The summed E-state index contributed by atoms with van der Waals surface area (Å²) in [6.07, 6.45) is 7.20. The summed E-state index contributed by atoms with van der Waals surface area (Å²) in [5, 5.41) is 0. The lowest BCUT2D eigenvalue weighted by Gasteiger charge is -2.14. The van der Waals surface area contributed by atoms with Crippen LogP contribution in [0.3, 0.4) is 0 Å². The van der Waals surface area contributed by atoms with E-state index in [0.29, 0.717) is 0 Å². The minimum Gasteiger partial charge on any atom is -0.207 e. The molecular weight excluding hydrogens is 267 g/mol. The summed E-state index contributed by atoms with van der Waals surface area (Å²) >= 11 is 3.39. The lowest BCUT2D eigenvalue weighted by molar-refractivity contribution is 0.568. The molecule has 1 aromatic carbocycles. The molecule has 0 nitrogen and oxygen atoms in total. The van der Waals surface area contributed by atoms with E-state index in [9.17, 15) is 4.39 Å². The molecule has 0 saturated carbocycles. The van der Waals surface area contributed by atoms with Crippen LogP contribution in [0.5, 0.6) is 0 Å². The molecule has 0 spiro atoms. The molecule has 1 unspecified atom stereocenters. The zero-order valence-corrected chi connectivity index (χ0v) is 11.4. The van der Waals surface area contributed by atoms with Crippen molar-refractivity contribution in [3.05, 3.63) is 46.2 Å². The minimum absolute atomic E-state index is 0.0973. The first-order chi connectivity index (χ1) is 7.69. The van der Waals surface area contributed by atoms with E-state index in [4.69, 9.17) is 0 Å². The standard InChI is InChI=1S/C14H18BrF/c1-3-5-6-7-11(4-2)13-10-12(15)8-9-14(13)16/h5-6,8-11H,3-4,7H2,1-2H3/b6-5-. The summed E-state index contributed by atoms with van der Waals surface area (Å²) in [4.78, 5) is 0. The Hall–Kier alpha value is -0.630. The first-order valence-electron chi connectivity index (χ1n) is 5.79. The molecule has 0 saturated heterocycles. The highest BCUT2D eigenvalue weighted by atomic mass is 79.9. The zero-order chi connectivity index (χ0) is 12.0. The molecule has 0 bridgehead atoms. The molecule has 0 aliphatic rings. The van der Waals surface area contributed by atoms with Gasteiger partial charge in [0.05, 0.1) is 0 Å². The van der Waals surface area contributed by atoms with Crippen molar-refractivity contribution in [2.75, 3.05) is 0 Å². The number of rotatable bonds is 5. The van der Waals surface area contributed by atoms with Crippen LogP contribution in [-0.2, 0) is 0 Å². The Labute approximate surface area is 106 Å². The van der Waals surface area contributed by atoms with Gasteiger partial charge in [0.25, 0.3) is 0 Å². The largest absolute Gasteiger partial charge is 0.207 e. The normalized spacial score (nSPS) is 13.2. The summed E-state index contributed by atoms with van der Waals surface area (Å²) in [7, 11) is 0. The van der Waals surface area contributed by atoms with Crippen molar-refractivity contribution in [3.8, 4) is 0 Å². The topological polar surface area (TPSA) is 0 Å². The molecule has 0 amide bonds. The first kappa shape index (κ1) is 13.4. The van der Waals surface area contributed by atoms with Gasteiger partial charge in [-0.25, -0.2) is 4.39 Å². The van der Waals surface area contributed by atoms with E-state index in [1.807, 2.05) is 6.07 Å². The summed E-state index contributed by atoms with van der Waals surface area (Å²) in [6, 6.07) is 5.17. The molecule has 0 aliphatic carbocycles. The molecular formula is C14H18BrF. The monoisotopic (exact) mass is 284 g/mol. The number of hydrogen-bond donors (Lipinski definition) is 0. The first-order valence-corrected chi connectivity index (χ1v) is 6.58. The Morgan fingerprint density at radius 3 is 2.69 bits per heavy atom. The van der Waals surface area contributed by atoms with Crippen LogP contribution in [0.15, 0.2) is 34.8 Å². The molecule has 16 heavy (non-hydrogen) atoms. The van der Waals surface area contributed by atoms with E-state index in [1.54, 1.807) is 6.07 Å². The molecule has 1 rings (SSSR count). The second kappa shape index (κ2) is 6.85. The van der Waals surface area contributed by atoms with Crippen LogP contribution in [-0.4, -0.2) is 0 Å². The van der Waals surface area contributed by atoms with Crippen LogP contribution in [0.1, 0.15) is 44.6 Å². The molecule has 0 heterocycles. The van der Waals surface area contributed by atoms with E-state index in [1.165, 1.54) is 6.07 Å². The van der Waals surface area contributed by atoms with Gasteiger partial charge in [-0.2, -0.15) is 0 Å². The van der Waals surface area contributed by atoms with Crippen LogP contribution in [0.25, 0.3) is 0 Å². The number of allylic oxidation sites excluding steroid dienone is 2. The third-order valence-electron chi connectivity index (χ3n) is 2.71. The third-order valence-corrected chi connectivity index (χ3v) is 3.21. The van der Waals surface area contributed by atoms with Gasteiger partial charge in [0.15, 0.2) is 0 Å². The van der Waals surface area contributed by atoms with E-state index < -0.39 is 0 Å². The van der Waals surface area contributed by atoms with Gasteiger partial charge in [0.1, 0.15) is 5.82 Å². The van der Waals surface area contributed by atoms with Gasteiger partial charge in [0.2, 0.25) is 0 Å². The summed E-state index contributed by atoms with van der Waals surface area (Å²) in [5.41, 5.74) is 0.817. The van der Waals surface area contributed by atoms with E-state index in [0.717, 1.165) is 29.3 Å². The second-order valence-corrected chi connectivity index (χ2v) is 4.80. The highest BCUT2D eigenvalue weighted by Gasteiger charge is 2.12. The molecule has 0 fully saturated rings. The maximum atomic E-state index is 13.7. The SMILES string of the molecule is CC/C=C\CC(CC)c1cc(Br)ccc1F. The van der Waals surface area contributed by atoms with Crippen LogP contribution in [0.4, 0.5) is 4.39 Å². The Morgan fingerprint density at radius 2 is 2.06 bits per heavy atom. The van der Waals surface area contributed by atoms with Crippen LogP contribution >= 0.6 is 15.9 Å². The van der Waals surface area contributed by atoms with Crippen molar-refractivity contribution in [2.45, 2.75) is 39.0 Å². The Morgan fingerprint density at radius 1 is 1.31 bits per heavy atom. The van der Waals surface area contributed by atoms with Crippen molar-refractivity contribution >= 4 is 15.9 Å². The van der Waals surface area contributed by atoms with Gasteiger partial charge < -0.3 is 0 Å². The van der Waals surface area contributed by atoms with Crippen molar-refractivity contribution in [3.63, 3.8) is 0 Å². The average Bonchev–Trinajstić information content (AvgIpc) is 2.28. The Bertz CT molecular complexity index is 358.